The summed E-state index contributed by atoms with van der Waals surface area (Å²) in [6.45, 7) is 5.42. The van der Waals surface area contributed by atoms with E-state index in [2.05, 4.69) is 28.2 Å². The highest BCUT2D eigenvalue weighted by Crippen LogP contribution is 2.26. The van der Waals surface area contributed by atoms with Gasteiger partial charge in [-0.15, -0.1) is 24.8 Å². The Morgan fingerprint density at radius 3 is 2.93 bits per heavy atom. The number of amides is 1. The molecule has 1 fully saturated rings. The van der Waals surface area contributed by atoms with E-state index in [1.165, 1.54) is 43.4 Å². The van der Waals surface area contributed by atoms with Gasteiger partial charge < -0.3 is 15.2 Å². The van der Waals surface area contributed by atoms with Gasteiger partial charge in [0.1, 0.15) is 5.82 Å². The van der Waals surface area contributed by atoms with Crippen molar-refractivity contribution in [3.63, 3.8) is 0 Å². The first-order valence-electron chi connectivity index (χ1n) is 10.2. The van der Waals surface area contributed by atoms with Gasteiger partial charge in [-0.25, -0.2) is 4.98 Å². The van der Waals surface area contributed by atoms with Crippen LogP contribution in [0, 0.1) is 11.8 Å². The zero-order valence-corrected chi connectivity index (χ0v) is 18.2. The van der Waals surface area contributed by atoms with Crippen LogP contribution in [0.3, 0.4) is 0 Å². The van der Waals surface area contributed by atoms with Gasteiger partial charge in [0.15, 0.2) is 0 Å². The van der Waals surface area contributed by atoms with E-state index in [9.17, 15) is 4.79 Å². The summed E-state index contributed by atoms with van der Waals surface area (Å²) in [6.07, 6.45) is 7.83. The molecule has 2 atom stereocenters. The number of halogens is 2. The molecule has 1 saturated heterocycles. The van der Waals surface area contributed by atoms with Gasteiger partial charge in [0.2, 0.25) is 5.91 Å². The van der Waals surface area contributed by atoms with E-state index in [0.717, 1.165) is 37.3 Å². The van der Waals surface area contributed by atoms with Crippen LogP contribution in [0.15, 0.2) is 18.2 Å². The Balaban J connectivity index is 0.00000140. The largest absolute Gasteiger partial charge is 0.328 e. The Hall–Kier alpha value is -1.30. The lowest BCUT2D eigenvalue weighted by Crippen LogP contribution is -2.34. The van der Waals surface area contributed by atoms with E-state index in [1.807, 2.05) is 12.1 Å². The quantitative estimate of drug-likeness (QED) is 0.752. The smallest absolute Gasteiger partial charge is 0.224 e. The average molecular weight is 427 g/mol. The van der Waals surface area contributed by atoms with Gasteiger partial charge in [0.25, 0.3) is 0 Å². The molecule has 0 spiro atoms. The third-order valence-corrected chi connectivity index (χ3v) is 6.04. The Bertz CT molecular complexity index is 786. The first kappa shape index (κ1) is 23.0. The van der Waals surface area contributed by atoms with E-state index >= 15 is 0 Å². The summed E-state index contributed by atoms with van der Waals surface area (Å²) in [5.41, 5.74) is 3.07. The number of aromatic nitrogens is 2. The van der Waals surface area contributed by atoms with E-state index in [1.54, 1.807) is 0 Å². The molecule has 4 rings (SSSR count). The number of rotatable bonds is 4. The number of benzene rings is 1. The van der Waals surface area contributed by atoms with Crippen LogP contribution in [0.5, 0.6) is 0 Å². The Kier molecular flexibility index (Phi) is 8.59. The Morgan fingerprint density at radius 1 is 1.29 bits per heavy atom. The van der Waals surface area contributed by atoms with Crippen molar-refractivity contribution in [2.75, 3.05) is 18.4 Å². The van der Waals surface area contributed by atoms with Gasteiger partial charge in [-0.3, -0.25) is 4.79 Å². The molecule has 1 amide bonds. The molecule has 5 nitrogen and oxygen atoms in total. The molecule has 7 heteroatoms. The highest BCUT2D eigenvalue weighted by atomic mass is 35.5. The number of imidazole rings is 1. The fourth-order valence-electron chi connectivity index (χ4n) is 4.46. The second-order valence-corrected chi connectivity index (χ2v) is 8.03. The molecule has 0 saturated carbocycles. The molecule has 156 valence electrons. The van der Waals surface area contributed by atoms with Gasteiger partial charge in [-0.2, -0.15) is 0 Å². The van der Waals surface area contributed by atoms with E-state index in [-0.39, 0.29) is 30.7 Å². The Labute approximate surface area is 179 Å². The molecular weight excluding hydrogens is 395 g/mol. The normalized spacial score (nSPS) is 20.2. The zero-order valence-electron chi connectivity index (χ0n) is 16.6. The summed E-state index contributed by atoms with van der Waals surface area (Å²) < 4.78 is 2.35. The van der Waals surface area contributed by atoms with Crippen LogP contribution in [0.2, 0.25) is 0 Å². The maximum absolute atomic E-state index is 12.5. The van der Waals surface area contributed by atoms with Crippen molar-refractivity contribution in [2.24, 2.45) is 11.8 Å². The van der Waals surface area contributed by atoms with Crippen LogP contribution in [0.25, 0.3) is 11.0 Å². The standard InChI is InChI=1S/C21H30N4O.2ClH/c1-15(16-6-5-10-22-14-16)12-21(26)23-17-8-9-19-18(13-17)24-20-7-3-2-4-11-25(19)20;;/h8-9,13,15-16,22H,2-7,10-12,14H2,1H3,(H,23,26);2*1H. The second-order valence-electron chi connectivity index (χ2n) is 8.03. The van der Waals surface area contributed by atoms with Gasteiger partial charge >= 0.3 is 0 Å². The highest BCUT2D eigenvalue weighted by Gasteiger charge is 2.22. The van der Waals surface area contributed by atoms with Gasteiger partial charge in [-0.05, 0) is 68.8 Å². The monoisotopic (exact) mass is 426 g/mol. The molecule has 0 bridgehead atoms. The number of anilines is 1. The van der Waals surface area contributed by atoms with Crippen LogP contribution in [0.1, 0.15) is 51.3 Å². The maximum atomic E-state index is 12.5. The summed E-state index contributed by atoms with van der Waals surface area (Å²) in [5.74, 6) is 2.33. The van der Waals surface area contributed by atoms with Crippen molar-refractivity contribution in [3.8, 4) is 0 Å². The fourth-order valence-corrected chi connectivity index (χ4v) is 4.46. The minimum Gasteiger partial charge on any atom is -0.328 e. The maximum Gasteiger partial charge on any atom is 0.224 e. The molecule has 2 aromatic rings. The molecule has 28 heavy (non-hydrogen) atoms. The summed E-state index contributed by atoms with van der Waals surface area (Å²) in [4.78, 5) is 17.3. The van der Waals surface area contributed by atoms with Crippen molar-refractivity contribution in [2.45, 2.75) is 58.4 Å². The topological polar surface area (TPSA) is 59.0 Å². The minimum atomic E-state index is 0. The number of carbonyl (C=O) groups excluding carboxylic acids is 1. The number of hydrogen-bond acceptors (Lipinski definition) is 3. The van der Waals surface area contributed by atoms with Gasteiger partial charge in [0.05, 0.1) is 11.0 Å². The zero-order chi connectivity index (χ0) is 17.9. The first-order chi connectivity index (χ1) is 12.7. The summed E-state index contributed by atoms with van der Waals surface area (Å²) in [5, 5.41) is 6.53. The molecule has 2 unspecified atom stereocenters. The SMILES string of the molecule is CC(CC(=O)Nc1ccc2c(c1)nc1n2CCCCC1)C1CCCNC1.Cl.Cl. The molecule has 3 heterocycles. The first-order valence-corrected chi connectivity index (χ1v) is 10.2. The number of hydrogen-bond donors (Lipinski definition) is 2. The average Bonchev–Trinajstić information content (AvgIpc) is 2.82. The van der Waals surface area contributed by atoms with E-state index in [0.29, 0.717) is 18.3 Å². The highest BCUT2D eigenvalue weighted by molar-refractivity contribution is 5.93. The summed E-state index contributed by atoms with van der Waals surface area (Å²) >= 11 is 0. The van der Waals surface area contributed by atoms with Crippen LogP contribution in [-0.2, 0) is 17.8 Å². The third-order valence-electron chi connectivity index (χ3n) is 6.04. The van der Waals surface area contributed by atoms with Crippen molar-refractivity contribution in [1.29, 1.82) is 0 Å². The summed E-state index contributed by atoms with van der Waals surface area (Å²) in [7, 11) is 0. The molecule has 0 radical (unpaired) electrons. The Morgan fingerprint density at radius 2 is 2.14 bits per heavy atom. The van der Waals surface area contributed by atoms with Crippen molar-refractivity contribution < 1.29 is 4.79 Å². The predicted molar refractivity (Wildman–Crippen MR) is 120 cm³/mol. The van der Waals surface area contributed by atoms with Crippen LogP contribution in [-0.4, -0.2) is 28.5 Å². The minimum absolute atomic E-state index is 0. The third kappa shape index (κ3) is 5.19. The molecule has 2 N–H and O–H groups in total. The summed E-state index contributed by atoms with van der Waals surface area (Å²) in [6, 6.07) is 6.16. The number of piperidine rings is 1. The van der Waals surface area contributed by atoms with E-state index < -0.39 is 0 Å². The molecule has 1 aromatic heterocycles. The van der Waals surface area contributed by atoms with Crippen molar-refractivity contribution in [1.82, 2.24) is 14.9 Å². The lowest BCUT2D eigenvalue weighted by Gasteiger charge is -2.28. The van der Waals surface area contributed by atoms with E-state index in [4.69, 9.17) is 4.98 Å². The predicted octanol–water partition coefficient (Wildman–Crippen LogP) is 4.57. The van der Waals surface area contributed by atoms with Crippen molar-refractivity contribution in [3.05, 3.63) is 24.0 Å². The van der Waals surface area contributed by atoms with Crippen molar-refractivity contribution >= 4 is 47.4 Å². The van der Waals surface area contributed by atoms with Crippen LogP contribution >= 0.6 is 24.8 Å². The number of fused-ring (bicyclic) bond motifs is 3. The van der Waals surface area contributed by atoms with Crippen LogP contribution < -0.4 is 10.6 Å². The van der Waals surface area contributed by atoms with Gasteiger partial charge in [-0.1, -0.05) is 13.3 Å². The number of carbonyl (C=O) groups is 1. The number of nitrogens with one attached hydrogen (secondary N) is 2. The van der Waals surface area contributed by atoms with Crippen LogP contribution in [0.4, 0.5) is 5.69 Å². The fraction of sp³-hybridized carbons (Fsp3) is 0.619. The second kappa shape index (κ2) is 10.5. The number of nitrogens with zero attached hydrogens (tertiary/aromatic N) is 2. The lowest BCUT2D eigenvalue weighted by atomic mass is 9.85. The molecule has 2 aliphatic rings. The molecule has 1 aromatic carbocycles. The molecular formula is C21H32Cl2N4O. The number of aryl methyl sites for hydroxylation is 2. The lowest BCUT2D eigenvalue weighted by molar-refractivity contribution is -0.117. The van der Waals surface area contributed by atoms with Gasteiger partial charge in [0, 0.05) is 25.1 Å². The molecule has 2 aliphatic heterocycles. The molecule has 0 aliphatic carbocycles.